The van der Waals surface area contributed by atoms with Crippen LogP contribution < -0.4 is 15.4 Å². The minimum atomic E-state index is -0.570. The highest BCUT2D eigenvalue weighted by atomic mass is 35.5. The van der Waals surface area contributed by atoms with Crippen LogP contribution >= 0.6 is 12.4 Å². The van der Waals surface area contributed by atoms with Gasteiger partial charge in [-0.05, 0) is 18.6 Å². The molecule has 0 saturated carbocycles. The number of rotatable bonds is 2. The van der Waals surface area contributed by atoms with Crippen LogP contribution in [0.4, 0.5) is 5.69 Å². The van der Waals surface area contributed by atoms with E-state index in [2.05, 4.69) is 0 Å². The van der Waals surface area contributed by atoms with Gasteiger partial charge in [-0.1, -0.05) is 19.1 Å². The van der Waals surface area contributed by atoms with Crippen molar-refractivity contribution in [3.8, 4) is 5.75 Å². The summed E-state index contributed by atoms with van der Waals surface area (Å²) in [5, 5.41) is 0. The van der Waals surface area contributed by atoms with Gasteiger partial charge in [0, 0.05) is 6.54 Å². The minimum absolute atomic E-state index is 0. The number of hydrogen-bond acceptors (Lipinski definition) is 3. The molecule has 0 spiro atoms. The first-order valence-electron chi connectivity index (χ1n) is 5.53. The normalized spacial score (nSPS) is 18.8. The number of para-hydroxylation sites is 2. The minimum Gasteiger partial charge on any atom is -0.489 e. The Labute approximate surface area is 107 Å². The maximum Gasteiger partial charge on any atom is 0.247 e. The van der Waals surface area contributed by atoms with E-state index in [4.69, 9.17) is 10.5 Å². The molecule has 0 unspecified atom stereocenters. The van der Waals surface area contributed by atoms with Gasteiger partial charge < -0.3 is 15.4 Å². The molecule has 0 aliphatic carbocycles. The molecule has 0 aromatic heterocycles. The van der Waals surface area contributed by atoms with E-state index < -0.39 is 6.04 Å². The molecule has 1 amide bonds. The number of carbonyl (C=O) groups is 1. The van der Waals surface area contributed by atoms with Gasteiger partial charge in [0.2, 0.25) is 5.91 Å². The van der Waals surface area contributed by atoms with Crippen molar-refractivity contribution in [2.45, 2.75) is 19.4 Å². The van der Waals surface area contributed by atoms with Crippen LogP contribution in [0.3, 0.4) is 0 Å². The first kappa shape index (κ1) is 13.8. The molecular formula is C12H17ClN2O2. The van der Waals surface area contributed by atoms with Crippen molar-refractivity contribution in [2.75, 3.05) is 18.1 Å². The number of anilines is 1. The molecule has 1 heterocycles. The van der Waals surface area contributed by atoms with E-state index in [1.807, 2.05) is 31.2 Å². The molecular weight excluding hydrogens is 240 g/mol. The second-order valence-electron chi connectivity index (χ2n) is 3.88. The quantitative estimate of drug-likeness (QED) is 0.874. The molecule has 2 N–H and O–H groups in total. The summed E-state index contributed by atoms with van der Waals surface area (Å²) >= 11 is 0. The standard InChI is InChI=1S/C12H16N2O2.ClH/c1-2-7-14-10-5-3-4-6-11(10)16-8-9(13)12(14)15;/h3-6,9H,2,7-8,13H2,1H3;1H/t9-;/m0./s1. The van der Waals surface area contributed by atoms with Crippen LogP contribution in [0.2, 0.25) is 0 Å². The lowest BCUT2D eigenvalue weighted by molar-refractivity contribution is -0.120. The zero-order valence-corrected chi connectivity index (χ0v) is 10.6. The Morgan fingerprint density at radius 2 is 2.18 bits per heavy atom. The van der Waals surface area contributed by atoms with E-state index in [-0.39, 0.29) is 24.9 Å². The molecule has 1 aliphatic heterocycles. The summed E-state index contributed by atoms with van der Waals surface area (Å²) in [5.74, 6) is 0.670. The van der Waals surface area contributed by atoms with E-state index in [1.54, 1.807) is 4.90 Å². The van der Waals surface area contributed by atoms with Crippen LogP contribution in [0, 0.1) is 0 Å². The molecule has 4 nitrogen and oxygen atoms in total. The van der Waals surface area contributed by atoms with E-state index in [0.717, 1.165) is 17.9 Å². The Balaban J connectivity index is 0.00000144. The summed E-state index contributed by atoms with van der Waals surface area (Å²) in [4.78, 5) is 13.7. The van der Waals surface area contributed by atoms with Crippen LogP contribution in [-0.2, 0) is 4.79 Å². The molecule has 17 heavy (non-hydrogen) atoms. The topological polar surface area (TPSA) is 55.6 Å². The molecule has 1 aromatic rings. The maximum atomic E-state index is 12.0. The van der Waals surface area contributed by atoms with Crippen LogP contribution in [0.5, 0.6) is 5.75 Å². The molecule has 1 aliphatic rings. The van der Waals surface area contributed by atoms with Crippen LogP contribution in [0.25, 0.3) is 0 Å². The van der Waals surface area contributed by atoms with Gasteiger partial charge in [-0.2, -0.15) is 0 Å². The van der Waals surface area contributed by atoms with Crippen molar-refractivity contribution in [2.24, 2.45) is 5.73 Å². The van der Waals surface area contributed by atoms with Crippen molar-refractivity contribution in [3.63, 3.8) is 0 Å². The van der Waals surface area contributed by atoms with E-state index in [0.29, 0.717) is 6.54 Å². The summed E-state index contributed by atoms with van der Waals surface area (Å²) < 4.78 is 5.52. The van der Waals surface area contributed by atoms with Gasteiger partial charge in [-0.3, -0.25) is 4.79 Å². The SMILES string of the molecule is CCCN1C(=O)[C@@H](N)COc2ccccc21.Cl. The summed E-state index contributed by atoms with van der Waals surface area (Å²) in [7, 11) is 0. The number of carbonyl (C=O) groups excluding carboxylic acids is 1. The number of hydrogen-bond donors (Lipinski definition) is 1. The molecule has 0 bridgehead atoms. The molecule has 1 aromatic carbocycles. The predicted molar refractivity (Wildman–Crippen MR) is 69.8 cm³/mol. The largest absolute Gasteiger partial charge is 0.489 e. The third-order valence-electron chi connectivity index (χ3n) is 2.60. The van der Waals surface area contributed by atoms with E-state index in [1.165, 1.54) is 0 Å². The zero-order valence-electron chi connectivity index (χ0n) is 9.76. The third-order valence-corrected chi connectivity index (χ3v) is 2.60. The average Bonchev–Trinajstić information content (AvgIpc) is 2.42. The monoisotopic (exact) mass is 256 g/mol. The van der Waals surface area contributed by atoms with E-state index >= 15 is 0 Å². The lowest BCUT2D eigenvalue weighted by atomic mass is 10.2. The highest BCUT2D eigenvalue weighted by Crippen LogP contribution is 2.30. The van der Waals surface area contributed by atoms with Crippen molar-refractivity contribution >= 4 is 24.0 Å². The Kier molecular flexibility index (Phi) is 4.78. The molecule has 0 fully saturated rings. The van der Waals surface area contributed by atoms with Gasteiger partial charge in [-0.25, -0.2) is 0 Å². The molecule has 5 heteroatoms. The van der Waals surface area contributed by atoms with Crippen molar-refractivity contribution < 1.29 is 9.53 Å². The van der Waals surface area contributed by atoms with Crippen LogP contribution in [0.1, 0.15) is 13.3 Å². The maximum absolute atomic E-state index is 12.0. The third kappa shape index (κ3) is 2.70. The summed E-state index contributed by atoms with van der Waals surface area (Å²) in [6, 6.07) is 6.97. The Morgan fingerprint density at radius 3 is 2.88 bits per heavy atom. The van der Waals surface area contributed by atoms with Crippen molar-refractivity contribution in [1.29, 1.82) is 0 Å². The fraction of sp³-hybridized carbons (Fsp3) is 0.417. The van der Waals surface area contributed by atoms with Crippen molar-refractivity contribution in [3.05, 3.63) is 24.3 Å². The summed E-state index contributed by atoms with van der Waals surface area (Å²) in [6.45, 7) is 2.95. The van der Waals surface area contributed by atoms with Gasteiger partial charge in [0.1, 0.15) is 18.4 Å². The highest BCUT2D eigenvalue weighted by molar-refractivity contribution is 5.99. The van der Waals surface area contributed by atoms with Crippen molar-refractivity contribution in [1.82, 2.24) is 0 Å². The van der Waals surface area contributed by atoms with Gasteiger partial charge in [0.15, 0.2) is 0 Å². The molecule has 0 radical (unpaired) electrons. The first-order valence-corrected chi connectivity index (χ1v) is 5.53. The fourth-order valence-corrected chi connectivity index (χ4v) is 1.83. The summed E-state index contributed by atoms with van der Waals surface area (Å²) in [5.41, 5.74) is 6.58. The molecule has 1 atom stereocenters. The number of fused-ring (bicyclic) bond motifs is 1. The van der Waals surface area contributed by atoms with Gasteiger partial charge >= 0.3 is 0 Å². The second-order valence-corrected chi connectivity index (χ2v) is 3.88. The number of amides is 1. The lowest BCUT2D eigenvalue weighted by Gasteiger charge is -2.22. The first-order chi connectivity index (χ1) is 7.74. The fourth-order valence-electron chi connectivity index (χ4n) is 1.83. The zero-order chi connectivity index (χ0) is 11.5. The molecule has 2 rings (SSSR count). The second kappa shape index (κ2) is 5.89. The Hall–Kier alpha value is -1.26. The van der Waals surface area contributed by atoms with Crippen LogP contribution in [0.15, 0.2) is 24.3 Å². The molecule has 94 valence electrons. The average molecular weight is 257 g/mol. The number of halogens is 1. The number of benzene rings is 1. The number of ether oxygens (including phenoxy) is 1. The van der Waals surface area contributed by atoms with Crippen LogP contribution in [-0.4, -0.2) is 25.1 Å². The highest BCUT2D eigenvalue weighted by Gasteiger charge is 2.27. The smallest absolute Gasteiger partial charge is 0.247 e. The Bertz CT molecular complexity index is 398. The predicted octanol–water partition coefficient (Wildman–Crippen LogP) is 1.57. The van der Waals surface area contributed by atoms with E-state index in [9.17, 15) is 4.79 Å². The molecule has 0 saturated heterocycles. The Morgan fingerprint density at radius 1 is 1.47 bits per heavy atom. The lowest BCUT2D eigenvalue weighted by Crippen LogP contribution is -2.45. The number of nitrogens with zero attached hydrogens (tertiary/aromatic N) is 1. The van der Waals surface area contributed by atoms with Gasteiger partial charge in [0.25, 0.3) is 0 Å². The number of nitrogens with two attached hydrogens (primary N) is 1. The van der Waals surface area contributed by atoms with Gasteiger partial charge in [-0.15, -0.1) is 12.4 Å². The summed E-state index contributed by atoms with van der Waals surface area (Å²) in [6.07, 6.45) is 0.896. The van der Waals surface area contributed by atoms with Gasteiger partial charge in [0.05, 0.1) is 5.69 Å².